The van der Waals surface area contributed by atoms with Gasteiger partial charge in [0.2, 0.25) is 5.88 Å². The van der Waals surface area contributed by atoms with Gasteiger partial charge in [-0.05, 0) is 43.7 Å². The van der Waals surface area contributed by atoms with Gasteiger partial charge in [0.05, 0.1) is 13.7 Å². The predicted octanol–water partition coefficient (Wildman–Crippen LogP) is 2.43. The Morgan fingerprint density at radius 1 is 1.50 bits per heavy atom. The maximum absolute atomic E-state index is 5.64. The lowest BCUT2D eigenvalue weighted by Gasteiger charge is -2.31. The zero-order valence-corrected chi connectivity index (χ0v) is 12.6. The van der Waals surface area contributed by atoms with Crippen molar-refractivity contribution in [3.8, 4) is 5.88 Å². The first kappa shape index (κ1) is 15.3. The van der Waals surface area contributed by atoms with E-state index in [0.717, 1.165) is 32.6 Å². The number of aromatic nitrogens is 1. The van der Waals surface area contributed by atoms with Gasteiger partial charge in [0.25, 0.3) is 0 Å². The molecule has 2 heterocycles. The number of nitrogens with zero attached hydrogens (tertiary/aromatic N) is 1. The van der Waals surface area contributed by atoms with E-state index in [1.807, 2.05) is 12.3 Å². The van der Waals surface area contributed by atoms with Crippen LogP contribution in [0.1, 0.15) is 31.7 Å². The van der Waals surface area contributed by atoms with Gasteiger partial charge < -0.3 is 14.8 Å². The highest BCUT2D eigenvalue weighted by molar-refractivity contribution is 5.18. The molecule has 1 aliphatic heterocycles. The maximum Gasteiger partial charge on any atom is 0.212 e. The van der Waals surface area contributed by atoms with Gasteiger partial charge >= 0.3 is 0 Å². The molecule has 0 spiro atoms. The molecule has 1 aromatic rings. The first-order valence-electron chi connectivity index (χ1n) is 7.63. The molecule has 0 aromatic carbocycles. The molecule has 0 bridgehead atoms. The summed E-state index contributed by atoms with van der Waals surface area (Å²) in [5, 5.41) is 3.68. The molecule has 2 atom stereocenters. The summed E-state index contributed by atoms with van der Waals surface area (Å²) in [6.07, 6.45) is 6.51. The van der Waals surface area contributed by atoms with Crippen molar-refractivity contribution < 1.29 is 9.47 Å². The molecule has 1 fully saturated rings. The fourth-order valence-electron chi connectivity index (χ4n) is 2.72. The third-order valence-electron chi connectivity index (χ3n) is 3.88. The molecule has 2 unspecified atom stereocenters. The topological polar surface area (TPSA) is 43.4 Å². The summed E-state index contributed by atoms with van der Waals surface area (Å²) in [7, 11) is 1.65. The van der Waals surface area contributed by atoms with Gasteiger partial charge in [-0.2, -0.15) is 0 Å². The van der Waals surface area contributed by atoms with Crippen LogP contribution in [0.5, 0.6) is 5.88 Å². The molecule has 4 nitrogen and oxygen atoms in total. The average molecular weight is 278 g/mol. The van der Waals surface area contributed by atoms with Crippen LogP contribution in [0.3, 0.4) is 0 Å². The quantitative estimate of drug-likeness (QED) is 0.832. The second-order valence-electron chi connectivity index (χ2n) is 5.45. The van der Waals surface area contributed by atoms with Crippen LogP contribution in [-0.4, -0.2) is 37.9 Å². The van der Waals surface area contributed by atoms with E-state index in [1.165, 1.54) is 18.4 Å². The molecule has 2 rings (SSSR count). The van der Waals surface area contributed by atoms with E-state index < -0.39 is 0 Å². The molecular formula is C16H26N2O2. The van der Waals surface area contributed by atoms with Gasteiger partial charge in [-0.15, -0.1) is 0 Å². The SMILES string of the molecule is CCCNC(Cc1ccc(OC)nc1)C1CCCOC1. The van der Waals surface area contributed by atoms with Gasteiger partial charge in [-0.3, -0.25) is 0 Å². The molecule has 0 radical (unpaired) electrons. The van der Waals surface area contributed by atoms with Crippen LogP contribution in [0.25, 0.3) is 0 Å². The number of nitrogens with one attached hydrogen (secondary N) is 1. The minimum atomic E-state index is 0.477. The Morgan fingerprint density at radius 3 is 3.00 bits per heavy atom. The molecule has 1 N–H and O–H groups in total. The molecule has 112 valence electrons. The summed E-state index contributed by atoms with van der Waals surface area (Å²) < 4.78 is 10.8. The Balaban J connectivity index is 1.97. The third-order valence-corrected chi connectivity index (χ3v) is 3.88. The molecule has 1 saturated heterocycles. The molecule has 0 saturated carbocycles. The highest BCUT2D eigenvalue weighted by Gasteiger charge is 2.24. The lowest BCUT2D eigenvalue weighted by atomic mass is 9.89. The van der Waals surface area contributed by atoms with Gasteiger partial charge in [0.1, 0.15) is 0 Å². The summed E-state index contributed by atoms with van der Waals surface area (Å²) >= 11 is 0. The Morgan fingerprint density at radius 2 is 2.40 bits per heavy atom. The molecule has 20 heavy (non-hydrogen) atoms. The summed E-state index contributed by atoms with van der Waals surface area (Å²) in [5.41, 5.74) is 1.25. The summed E-state index contributed by atoms with van der Waals surface area (Å²) in [6.45, 7) is 5.06. The number of hydrogen-bond acceptors (Lipinski definition) is 4. The highest BCUT2D eigenvalue weighted by Crippen LogP contribution is 2.21. The van der Waals surface area contributed by atoms with E-state index in [1.54, 1.807) is 7.11 Å². The Bertz CT molecular complexity index is 375. The van der Waals surface area contributed by atoms with Crippen LogP contribution in [0.4, 0.5) is 0 Å². The fraction of sp³-hybridized carbons (Fsp3) is 0.688. The van der Waals surface area contributed by atoms with Gasteiger partial charge in [0.15, 0.2) is 0 Å². The van der Waals surface area contributed by atoms with E-state index >= 15 is 0 Å². The summed E-state index contributed by atoms with van der Waals surface area (Å²) in [4.78, 5) is 4.29. The molecule has 0 amide bonds. The van der Waals surface area contributed by atoms with Gasteiger partial charge in [-0.1, -0.05) is 13.0 Å². The molecule has 4 heteroatoms. The van der Waals surface area contributed by atoms with Crippen molar-refractivity contribution >= 4 is 0 Å². The number of rotatable bonds is 7. The number of hydrogen-bond donors (Lipinski definition) is 1. The Hall–Kier alpha value is -1.13. The third kappa shape index (κ3) is 4.46. The first-order chi connectivity index (χ1) is 9.83. The zero-order chi connectivity index (χ0) is 14.2. The largest absolute Gasteiger partial charge is 0.481 e. The minimum Gasteiger partial charge on any atom is -0.481 e. The Labute approximate surface area is 121 Å². The first-order valence-corrected chi connectivity index (χ1v) is 7.63. The normalized spacial score (nSPS) is 20.6. The van der Waals surface area contributed by atoms with Crippen LogP contribution >= 0.6 is 0 Å². The number of pyridine rings is 1. The van der Waals surface area contributed by atoms with Crippen molar-refractivity contribution in [3.05, 3.63) is 23.9 Å². The van der Waals surface area contributed by atoms with Crippen molar-refractivity contribution in [1.82, 2.24) is 10.3 Å². The standard InChI is InChI=1S/C16H26N2O2/c1-3-8-17-15(14-5-4-9-20-12-14)10-13-6-7-16(19-2)18-11-13/h6-7,11,14-15,17H,3-5,8-10,12H2,1-2H3. The van der Waals surface area contributed by atoms with Crippen LogP contribution in [0.2, 0.25) is 0 Å². The zero-order valence-electron chi connectivity index (χ0n) is 12.6. The van der Waals surface area contributed by atoms with E-state index in [4.69, 9.17) is 9.47 Å². The molecule has 1 aliphatic rings. The molecule has 0 aliphatic carbocycles. The Kier molecular flexibility index (Phi) is 6.27. The van der Waals surface area contributed by atoms with E-state index in [-0.39, 0.29) is 0 Å². The van der Waals surface area contributed by atoms with Crippen molar-refractivity contribution in [2.75, 3.05) is 26.9 Å². The number of ether oxygens (including phenoxy) is 2. The second-order valence-corrected chi connectivity index (χ2v) is 5.45. The smallest absolute Gasteiger partial charge is 0.212 e. The number of methoxy groups -OCH3 is 1. The average Bonchev–Trinajstić information content (AvgIpc) is 2.53. The van der Waals surface area contributed by atoms with Crippen molar-refractivity contribution in [1.29, 1.82) is 0 Å². The van der Waals surface area contributed by atoms with Crippen molar-refractivity contribution in [3.63, 3.8) is 0 Å². The van der Waals surface area contributed by atoms with Crippen LogP contribution in [-0.2, 0) is 11.2 Å². The van der Waals surface area contributed by atoms with Gasteiger partial charge in [0, 0.05) is 24.9 Å². The highest BCUT2D eigenvalue weighted by atomic mass is 16.5. The lowest BCUT2D eigenvalue weighted by molar-refractivity contribution is 0.0393. The fourth-order valence-corrected chi connectivity index (χ4v) is 2.72. The van der Waals surface area contributed by atoms with Crippen LogP contribution < -0.4 is 10.1 Å². The van der Waals surface area contributed by atoms with Crippen molar-refractivity contribution in [2.24, 2.45) is 5.92 Å². The lowest BCUT2D eigenvalue weighted by Crippen LogP contribution is -2.42. The second kappa shape index (κ2) is 8.22. The predicted molar refractivity (Wildman–Crippen MR) is 80.1 cm³/mol. The van der Waals surface area contributed by atoms with E-state index in [9.17, 15) is 0 Å². The van der Waals surface area contributed by atoms with E-state index in [0.29, 0.717) is 17.8 Å². The van der Waals surface area contributed by atoms with Crippen LogP contribution in [0.15, 0.2) is 18.3 Å². The van der Waals surface area contributed by atoms with Gasteiger partial charge in [-0.25, -0.2) is 4.98 Å². The van der Waals surface area contributed by atoms with Crippen molar-refractivity contribution in [2.45, 2.75) is 38.6 Å². The minimum absolute atomic E-state index is 0.477. The van der Waals surface area contributed by atoms with E-state index in [2.05, 4.69) is 23.3 Å². The summed E-state index contributed by atoms with van der Waals surface area (Å²) in [5.74, 6) is 1.28. The molecule has 1 aromatic heterocycles. The maximum atomic E-state index is 5.64. The monoisotopic (exact) mass is 278 g/mol. The van der Waals surface area contributed by atoms with Crippen LogP contribution in [0, 0.1) is 5.92 Å². The molecular weight excluding hydrogens is 252 g/mol. The summed E-state index contributed by atoms with van der Waals surface area (Å²) in [6, 6.07) is 4.52.